The highest BCUT2D eigenvalue weighted by Crippen LogP contribution is 2.26. The molecule has 2 unspecified atom stereocenters. The second-order valence-electron chi connectivity index (χ2n) is 10.0. The van der Waals surface area contributed by atoms with Crippen LogP contribution in [0.4, 0.5) is 10.5 Å². The van der Waals surface area contributed by atoms with Crippen molar-refractivity contribution in [2.75, 3.05) is 5.32 Å². The van der Waals surface area contributed by atoms with Gasteiger partial charge in [-0.25, -0.2) is 4.79 Å². The predicted octanol–water partition coefficient (Wildman–Crippen LogP) is 4.94. The van der Waals surface area contributed by atoms with Crippen molar-refractivity contribution in [1.82, 2.24) is 10.2 Å². The summed E-state index contributed by atoms with van der Waals surface area (Å²) in [7, 11) is 0. The van der Waals surface area contributed by atoms with E-state index < -0.39 is 35.6 Å². The third-order valence-electron chi connectivity index (χ3n) is 5.77. The van der Waals surface area contributed by atoms with E-state index in [4.69, 9.17) is 11.2 Å². The van der Waals surface area contributed by atoms with Crippen LogP contribution in [0.25, 0.3) is 0 Å². The number of aromatic hydroxyl groups is 1. The average molecular weight is 528 g/mol. The highest BCUT2D eigenvalue weighted by Gasteiger charge is 2.36. The van der Waals surface area contributed by atoms with Crippen LogP contribution in [0.3, 0.4) is 0 Å². The van der Waals surface area contributed by atoms with Gasteiger partial charge in [0.05, 0.1) is 0 Å². The number of carbonyl (C=O) groups excluding carboxylic acids is 3. The number of benzene rings is 3. The number of terminal acetylenes is 1. The third-order valence-corrected chi connectivity index (χ3v) is 5.77. The largest absolute Gasteiger partial charge is 0.508 e. The maximum absolute atomic E-state index is 14.0. The van der Waals surface area contributed by atoms with Gasteiger partial charge >= 0.3 is 6.09 Å². The first-order chi connectivity index (χ1) is 18.5. The third kappa shape index (κ3) is 8.11. The summed E-state index contributed by atoms with van der Waals surface area (Å²) in [6.45, 7) is 6.98. The summed E-state index contributed by atoms with van der Waals surface area (Å²) >= 11 is 0. The van der Waals surface area contributed by atoms with Gasteiger partial charge in [0.15, 0.2) is 0 Å². The van der Waals surface area contributed by atoms with Gasteiger partial charge in [-0.1, -0.05) is 67.1 Å². The molecule has 3 N–H and O–H groups in total. The fourth-order valence-corrected chi connectivity index (χ4v) is 3.92. The first-order valence-electron chi connectivity index (χ1n) is 12.5. The first kappa shape index (κ1) is 28.8. The van der Waals surface area contributed by atoms with Crippen LogP contribution in [0.1, 0.15) is 43.5 Å². The maximum Gasteiger partial charge on any atom is 0.408 e. The Kier molecular flexibility index (Phi) is 9.34. The van der Waals surface area contributed by atoms with Gasteiger partial charge in [0, 0.05) is 18.2 Å². The van der Waals surface area contributed by atoms with Crippen LogP contribution in [-0.4, -0.2) is 39.6 Å². The molecule has 0 radical (unpaired) electrons. The monoisotopic (exact) mass is 527 g/mol. The van der Waals surface area contributed by atoms with Gasteiger partial charge in [0.1, 0.15) is 23.4 Å². The molecule has 3 aromatic rings. The van der Waals surface area contributed by atoms with Gasteiger partial charge in [-0.3, -0.25) is 14.5 Å². The van der Waals surface area contributed by atoms with Crippen LogP contribution in [0.5, 0.6) is 5.75 Å². The van der Waals surface area contributed by atoms with Gasteiger partial charge in [-0.15, -0.1) is 0 Å². The van der Waals surface area contributed by atoms with Crippen molar-refractivity contribution in [3.05, 3.63) is 95.6 Å². The van der Waals surface area contributed by atoms with E-state index in [2.05, 4.69) is 16.7 Å². The van der Waals surface area contributed by atoms with Gasteiger partial charge in [-0.2, -0.15) is 0 Å². The van der Waals surface area contributed by atoms with Crippen LogP contribution < -0.4 is 10.6 Å². The minimum Gasteiger partial charge on any atom is -0.508 e. The number of phenols is 1. The summed E-state index contributed by atoms with van der Waals surface area (Å²) in [5, 5.41) is 15.3. The molecule has 39 heavy (non-hydrogen) atoms. The van der Waals surface area contributed by atoms with E-state index in [1.807, 2.05) is 49.4 Å². The molecule has 8 nitrogen and oxygen atoms in total. The van der Waals surface area contributed by atoms with E-state index >= 15 is 0 Å². The van der Waals surface area contributed by atoms with Gasteiger partial charge in [0.2, 0.25) is 0 Å². The molecule has 0 aromatic heterocycles. The number of ether oxygens (including phenoxy) is 1. The first-order valence-corrected chi connectivity index (χ1v) is 12.5. The molecule has 0 saturated carbocycles. The lowest BCUT2D eigenvalue weighted by Crippen LogP contribution is -2.51. The molecule has 0 fully saturated rings. The smallest absolute Gasteiger partial charge is 0.408 e. The molecule has 2 atom stereocenters. The average Bonchev–Trinajstić information content (AvgIpc) is 2.88. The van der Waals surface area contributed by atoms with Gasteiger partial charge in [0.25, 0.3) is 11.8 Å². The normalized spacial score (nSPS) is 12.4. The van der Waals surface area contributed by atoms with Crippen LogP contribution in [0, 0.1) is 19.4 Å². The van der Waals surface area contributed by atoms with Crippen LogP contribution in [0.15, 0.2) is 78.9 Å². The highest BCUT2D eigenvalue weighted by molar-refractivity contribution is 6.00. The second kappa shape index (κ2) is 12.7. The molecule has 0 bridgehead atoms. The Labute approximate surface area is 229 Å². The fourth-order valence-electron chi connectivity index (χ4n) is 3.92. The van der Waals surface area contributed by atoms with E-state index in [9.17, 15) is 19.5 Å². The molecule has 8 heteroatoms. The number of phenolic OH excluding ortho intramolecular Hbond substituents is 1. The Bertz CT molecular complexity index is 1340. The fraction of sp³-hybridized carbons (Fsp3) is 0.258. The Morgan fingerprint density at radius 3 is 2.18 bits per heavy atom. The number of alkyl carbamates (subject to hydrolysis) is 1. The predicted molar refractivity (Wildman–Crippen MR) is 150 cm³/mol. The number of carbonyl (C=O) groups is 3. The Morgan fingerprint density at radius 1 is 0.974 bits per heavy atom. The van der Waals surface area contributed by atoms with E-state index in [0.29, 0.717) is 11.3 Å². The zero-order chi connectivity index (χ0) is 28.6. The zero-order valence-corrected chi connectivity index (χ0v) is 22.5. The topological polar surface area (TPSA) is 108 Å². The van der Waals surface area contributed by atoms with Crippen molar-refractivity contribution in [3.8, 4) is 18.2 Å². The molecule has 0 saturated heterocycles. The Morgan fingerprint density at radius 2 is 1.59 bits per heavy atom. The zero-order valence-electron chi connectivity index (χ0n) is 22.5. The van der Waals surface area contributed by atoms with E-state index in [1.54, 1.807) is 32.9 Å². The van der Waals surface area contributed by atoms with E-state index in [-0.39, 0.29) is 12.2 Å². The van der Waals surface area contributed by atoms with Crippen molar-refractivity contribution in [2.45, 2.75) is 51.8 Å². The standard InChI is InChI=1S/C31H33N3O5/c1-6-34(29(37)26(20-22-13-8-7-9-14-22)33-30(38)39-31(3,4)5)27(23-16-18-24(35)19-17-23)28(36)32-25-15-11-10-12-21(25)2/h1,7-19,26-27,35H,20H2,2-5H3,(H,32,36)(H,33,38). The lowest BCUT2D eigenvalue weighted by molar-refractivity contribution is -0.136. The molecular formula is C31H33N3O5. The summed E-state index contributed by atoms with van der Waals surface area (Å²) in [5.74, 6) is -1.24. The van der Waals surface area contributed by atoms with Crippen molar-refractivity contribution in [1.29, 1.82) is 0 Å². The maximum atomic E-state index is 14.0. The summed E-state index contributed by atoms with van der Waals surface area (Å²) in [5.41, 5.74) is 1.74. The number of aryl methyl sites for hydroxylation is 1. The molecule has 0 spiro atoms. The summed E-state index contributed by atoms with van der Waals surface area (Å²) in [4.78, 5) is 41.3. The quantitative estimate of drug-likeness (QED) is 0.284. The van der Waals surface area contributed by atoms with Gasteiger partial charge < -0.3 is 20.5 Å². The summed E-state index contributed by atoms with van der Waals surface area (Å²) in [6, 6.07) is 22.1. The van der Waals surface area contributed by atoms with Crippen LogP contribution in [-0.2, 0) is 20.7 Å². The molecule has 202 valence electrons. The Hall–Kier alpha value is -4.77. The number of anilines is 1. The van der Waals surface area contributed by atoms with Gasteiger partial charge in [-0.05, 0) is 62.6 Å². The lowest BCUT2D eigenvalue weighted by Gasteiger charge is -2.30. The van der Waals surface area contributed by atoms with Crippen LogP contribution in [0.2, 0.25) is 0 Å². The molecule has 0 aliphatic heterocycles. The molecular weight excluding hydrogens is 494 g/mol. The number of para-hydroxylation sites is 1. The number of hydrogen-bond acceptors (Lipinski definition) is 5. The SMILES string of the molecule is C#CN(C(=O)C(Cc1ccccc1)NC(=O)OC(C)(C)C)C(C(=O)Nc1ccccc1C)c1ccc(O)cc1. The van der Waals surface area contributed by atoms with Crippen molar-refractivity contribution in [3.63, 3.8) is 0 Å². The number of nitrogens with zero attached hydrogens (tertiary/aromatic N) is 1. The molecule has 0 heterocycles. The molecule has 3 amide bonds. The lowest BCUT2D eigenvalue weighted by atomic mass is 10.0. The van der Waals surface area contributed by atoms with E-state index in [1.165, 1.54) is 24.3 Å². The number of hydrogen-bond donors (Lipinski definition) is 3. The number of rotatable bonds is 8. The molecule has 0 aliphatic carbocycles. The Balaban J connectivity index is 2.00. The van der Waals surface area contributed by atoms with Crippen molar-refractivity contribution < 1.29 is 24.2 Å². The molecule has 0 aliphatic rings. The second-order valence-corrected chi connectivity index (χ2v) is 10.0. The van der Waals surface area contributed by atoms with Crippen molar-refractivity contribution in [2.24, 2.45) is 0 Å². The number of nitrogens with one attached hydrogen (secondary N) is 2. The van der Waals surface area contributed by atoms with E-state index in [0.717, 1.165) is 16.0 Å². The summed E-state index contributed by atoms with van der Waals surface area (Å²) in [6.07, 6.45) is 5.17. The molecule has 3 aromatic carbocycles. The minimum atomic E-state index is -1.26. The highest BCUT2D eigenvalue weighted by atomic mass is 16.6. The van der Waals surface area contributed by atoms with Crippen LogP contribution >= 0.6 is 0 Å². The molecule has 3 rings (SSSR count). The summed E-state index contributed by atoms with van der Waals surface area (Å²) < 4.78 is 5.39. The van der Waals surface area contributed by atoms with Crippen molar-refractivity contribution >= 4 is 23.6 Å². The minimum absolute atomic E-state index is 0.0102. The number of amides is 3.